The molecule has 0 atom stereocenters. The van der Waals surface area contributed by atoms with Gasteiger partial charge in [0.05, 0.1) is 22.2 Å². The Kier molecular flexibility index (Phi) is 6.07. The van der Waals surface area contributed by atoms with Gasteiger partial charge < -0.3 is 15.3 Å². The van der Waals surface area contributed by atoms with Crippen LogP contribution in [0, 0.1) is 10.1 Å². The number of carbonyl (C=O) groups excluding carboxylic acids is 2. The quantitative estimate of drug-likeness (QED) is 0.478. The summed E-state index contributed by atoms with van der Waals surface area (Å²) in [5, 5.41) is 21.8. The number of nitro groups is 1. The van der Waals surface area contributed by atoms with Gasteiger partial charge in [0.1, 0.15) is 0 Å². The minimum absolute atomic E-state index is 0.0193. The van der Waals surface area contributed by atoms with Crippen molar-refractivity contribution in [2.75, 3.05) is 25.0 Å². The molecule has 21 heavy (non-hydrogen) atoms. The Balaban J connectivity index is 2.90. The van der Waals surface area contributed by atoms with Gasteiger partial charge >= 0.3 is 11.8 Å². The van der Waals surface area contributed by atoms with E-state index in [-0.39, 0.29) is 36.1 Å². The van der Waals surface area contributed by atoms with Crippen LogP contribution in [0.2, 0.25) is 5.02 Å². The summed E-state index contributed by atoms with van der Waals surface area (Å²) < 4.78 is 0. The molecule has 0 aromatic heterocycles. The van der Waals surface area contributed by atoms with Crippen molar-refractivity contribution in [1.29, 1.82) is 0 Å². The maximum Gasteiger partial charge on any atom is 0.313 e. The first-order valence-electron chi connectivity index (χ1n) is 6.05. The summed E-state index contributed by atoms with van der Waals surface area (Å²) in [6.07, 6.45) is 0. The predicted octanol–water partition coefficient (Wildman–Crippen LogP) is 1.03. The summed E-state index contributed by atoms with van der Waals surface area (Å²) in [6, 6.07) is 3.50. The first kappa shape index (κ1) is 16.9. The van der Waals surface area contributed by atoms with Crippen molar-refractivity contribution in [1.82, 2.24) is 4.90 Å². The zero-order valence-corrected chi connectivity index (χ0v) is 12.0. The molecule has 1 aromatic rings. The number of halogens is 1. The summed E-state index contributed by atoms with van der Waals surface area (Å²) >= 11 is 5.82. The molecule has 0 aliphatic rings. The van der Waals surface area contributed by atoms with Crippen LogP contribution in [0.25, 0.3) is 0 Å². The van der Waals surface area contributed by atoms with Crippen molar-refractivity contribution in [3.63, 3.8) is 0 Å². The third-order valence-electron chi connectivity index (χ3n) is 2.64. The Bertz CT molecular complexity index is 564. The Hall–Kier alpha value is -2.19. The van der Waals surface area contributed by atoms with Crippen LogP contribution in [0.1, 0.15) is 6.92 Å². The second kappa shape index (κ2) is 7.55. The van der Waals surface area contributed by atoms with E-state index >= 15 is 0 Å². The lowest BCUT2D eigenvalue weighted by atomic mass is 10.2. The van der Waals surface area contributed by atoms with Crippen LogP contribution in [0.4, 0.5) is 11.4 Å². The molecule has 0 radical (unpaired) electrons. The molecule has 0 aliphatic carbocycles. The molecule has 2 amide bonds. The van der Waals surface area contributed by atoms with Crippen LogP contribution >= 0.6 is 11.6 Å². The predicted molar refractivity (Wildman–Crippen MR) is 76.1 cm³/mol. The van der Waals surface area contributed by atoms with Gasteiger partial charge in [0.2, 0.25) is 0 Å². The first-order chi connectivity index (χ1) is 9.90. The second-order valence-corrected chi connectivity index (χ2v) is 4.39. The third kappa shape index (κ3) is 4.40. The lowest BCUT2D eigenvalue weighted by Gasteiger charge is -2.18. The van der Waals surface area contributed by atoms with Gasteiger partial charge in [-0.1, -0.05) is 11.6 Å². The number of aliphatic hydroxyl groups excluding tert-OH is 1. The molecule has 8 nitrogen and oxygen atoms in total. The summed E-state index contributed by atoms with van der Waals surface area (Å²) in [7, 11) is 0. The number of hydrogen-bond donors (Lipinski definition) is 2. The lowest BCUT2D eigenvalue weighted by molar-refractivity contribution is -0.384. The van der Waals surface area contributed by atoms with E-state index in [1.807, 2.05) is 0 Å². The highest BCUT2D eigenvalue weighted by atomic mass is 35.5. The smallest absolute Gasteiger partial charge is 0.313 e. The molecule has 0 fully saturated rings. The summed E-state index contributed by atoms with van der Waals surface area (Å²) in [5.74, 6) is -1.83. The number of nitrogens with zero attached hydrogens (tertiary/aromatic N) is 2. The van der Waals surface area contributed by atoms with Gasteiger partial charge in [0.15, 0.2) is 0 Å². The molecular formula is C12H14ClN3O5. The van der Waals surface area contributed by atoms with Crippen LogP contribution in [0.5, 0.6) is 0 Å². The summed E-state index contributed by atoms with van der Waals surface area (Å²) in [6.45, 7) is 1.65. The molecule has 0 bridgehead atoms. The Morgan fingerprint density at radius 3 is 2.67 bits per heavy atom. The van der Waals surface area contributed by atoms with Crippen molar-refractivity contribution >= 4 is 34.8 Å². The van der Waals surface area contributed by atoms with E-state index in [4.69, 9.17) is 16.7 Å². The van der Waals surface area contributed by atoms with E-state index in [0.29, 0.717) is 0 Å². The van der Waals surface area contributed by atoms with E-state index in [1.165, 1.54) is 12.1 Å². The Morgan fingerprint density at radius 2 is 2.14 bits per heavy atom. The molecule has 0 aliphatic heterocycles. The van der Waals surface area contributed by atoms with Crippen molar-refractivity contribution in [2.24, 2.45) is 0 Å². The molecule has 114 valence electrons. The Labute approximate surface area is 125 Å². The number of rotatable bonds is 5. The number of non-ortho nitro benzene ring substituents is 1. The number of hydrogen-bond acceptors (Lipinski definition) is 5. The van der Waals surface area contributed by atoms with Crippen LogP contribution in [0.3, 0.4) is 0 Å². The van der Waals surface area contributed by atoms with E-state index in [2.05, 4.69) is 5.32 Å². The zero-order chi connectivity index (χ0) is 16.0. The highest BCUT2D eigenvalue weighted by Crippen LogP contribution is 2.26. The standard InChI is InChI=1S/C12H14ClN3O5/c1-2-15(5-6-17)12(19)11(18)14-10-7-8(16(20)21)3-4-9(10)13/h3-4,7,17H,2,5-6H2,1H3,(H,14,18). The van der Waals surface area contributed by atoms with Gasteiger partial charge in [-0.3, -0.25) is 19.7 Å². The number of nitro benzene ring substituents is 1. The number of carbonyl (C=O) groups is 2. The topological polar surface area (TPSA) is 113 Å². The number of aliphatic hydroxyl groups is 1. The fourth-order valence-corrected chi connectivity index (χ4v) is 1.73. The minimum atomic E-state index is -0.979. The van der Waals surface area contributed by atoms with Crippen molar-refractivity contribution in [2.45, 2.75) is 6.92 Å². The van der Waals surface area contributed by atoms with Crippen molar-refractivity contribution in [3.05, 3.63) is 33.3 Å². The molecule has 0 unspecified atom stereocenters. The molecule has 9 heteroatoms. The van der Waals surface area contributed by atoms with E-state index in [0.717, 1.165) is 11.0 Å². The Morgan fingerprint density at radius 1 is 1.48 bits per heavy atom. The van der Waals surface area contributed by atoms with Crippen LogP contribution in [-0.4, -0.2) is 46.4 Å². The fraction of sp³-hybridized carbons (Fsp3) is 0.333. The molecule has 0 saturated carbocycles. The number of amides is 2. The maximum absolute atomic E-state index is 11.8. The van der Waals surface area contributed by atoms with E-state index in [1.54, 1.807) is 6.92 Å². The number of anilines is 1. The molecule has 0 heterocycles. The lowest BCUT2D eigenvalue weighted by Crippen LogP contribution is -2.41. The van der Waals surface area contributed by atoms with Crippen LogP contribution in [0.15, 0.2) is 18.2 Å². The van der Waals surface area contributed by atoms with Gasteiger partial charge in [-0.25, -0.2) is 0 Å². The SMILES string of the molecule is CCN(CCO)C(=O)C(=O)Nc1cc([N+](=O)[O-])ccc1Cl. The van der Waals surface area contributed by atoms with Crippen molar-refractivity contribution in [3.8, 4) is 0 Å². The second-order valence-electron chi connectivity index (χ2n) is 3.98. The van der Waals surface area contributed by atoms with Gasteiger partial charge in [-0.2, -0.15) is 0 Å². The normalized spacial score (nSPS) is 10.0. The summed E-state index contributed by atoms with van der Waals surface area (Å²) in [4.78, 5) is 34.8. The molecule has 2 N–H and O–H groups in total. The average molecular weight is 316 g/mol. The van der Waals surface area contributed by atoms with Crippen molar-refractivity contribution < 1.29 is 19.6 Å². The molecule has 0 saturated heterocycles. The zero-order valence-electron chi connectivity index (χ0n) is 11.2. The number of nitrogens with one attached hydrogen (secondary N) is 1. The number of likely N-dealkylation sites (N-methyl/N-ethyl adjacent to an activating group) is 1. The van der Waals surface area contributed by atoms with Gasteiger partial charge in [-0.15, -0.1) is 0 Å². The molecular weight excluding hydrogens is 302 g/mol. The molecule has 1 aromatic carbocycles. The highest BCUT2D eigenvalue weighted by Gasteiger charge is 2.21. The largest absolute Gasteiger partial charge is 0.395 e. The van der Waals surface area contributed by atoms with Gasteiger partial charge in [-0.05, 0) is 13.0 Å². The maximum atomic E-state index is 11.8. The summed E-state index contributed by atoms with van der Waals surface area (Å²) in [5.41, 5.74) is -0.283. The average Bonchev–Trinajstić information content (AvgIpc) is 2.45. The fourth-order valence-electron chi connectivity index (χ4n) is 1.57. The minimum Gasteiger partial charge on any atom is -0.395 e. The van der Waals surface area contributed by atoms with Gasteiger partial charge in [0, 0.05) is 25.2 Å². The monoisotopic (exact) mass is 315 g/mol. The van der Waals surface area contributed by atoms with E-state index in [9.17, 15) is 19.7 Å². The van der Waals surface area contributed by atoms with Gasteiger partial charge in [0.25, 0.3) is 5.69 Å². The van der Waals surface area contributed by atoms with Crippen LogP contribution in [-0.2, 0) is 9.59 Å². The van der Waals surface area contributed by atoms with Crippen LogP contribution < -0.4 is 5.32 Å². The first-order valence-corrected chi connectivity index (χ1v) is 6.43. The highest BCUT2D eigenvalue weighted by molar-refractivity contribution is 6.41. The molecule has 0 spiro atoms. The third-order valence-corrected chi connectivity index (χ3v) is 2.97. The molecule has 1 rings (SSSR count). The van der Waals surface area contributed by atoms with E-state index < -0.39 is 16.7 Å². The number of benzene rings is 1.